The zero-order valence-electron chi connectivity index (χ0n) is 16.8. The Bertz CT molecular complexity index is 845. The molecule has 29 heavy (non-hydrogen) atoms. The monoisotopic (exact) mass is 393 g/mol. The van der Waals surface area contributed by atoms with Crippen LogP contribution in [-0.4, -0.2) is 56.6 Å². The largest absolute Gasteiger partial charge is 0.469 e. The number of hydrogen-bond acceptors (Lipinski definition) is 5. The molecule has 0 aliphatic carbocycles. The average Bonchev–Trinajstić information content (AvgIpc) is 3.16. The number of carbonyl (C=O) groups excluding carboxylic acids is 2. The fraction of sp³-hybridized carbons (Fsp3) is 0.391. The molecule has 0 radical (unpaired) electrons. The summed E-state index contributed by atoms with van der Waals surface area (Å²) in [5, 5.41) is 0. The summed E-state index contributed by atoms with van der Waals surface area (Å²) in [4.78, 5) is 30.6. The van der Waals surface area contributed by atoms with Crippen LogP contribution in [0.5, 0.6) is 0 Å². The van der Waals surface area contributed by atoms with E-state index in [0.717, 1.165) is 38.4 Å². The van der Waals surface area contributed by atoms with E-state index in [1.54, 1.807) is 4.90 Å². The Morgan fingerprint density at radius 2 is 1.62 bits per heavy atom. The Morgan fingerprint density at radius 3 is 2.28 bits per heavy atom. The van der Waals surface area contributed by atoms with Crippen molar-refractivity contribution in [3.8, 4) is 0 Å². The van der Waals surface area contributed by atoms with Gasteiger partial charge in [-0.1, -0.05) is 30.3 Å². The lowest BCUT2D eigenvalue weighted by Crippen LogP contribution is -2.45. The van der Waals surface area contributed by atoms with Crippen LogP contribution in [0.1, 0.15) is 12.0 Å². The summed E-state index contributed by atoms with van der Waals surface area (Å²) in [7, 11) is 1.36. The average molecular weight is 393 g/mol. The molecule has 2 saturated heterocycles. The first-order chi connectivity index (χ1) is 14.1. The van der Waals surface area contributed by atoms with Crippen molar-refractivity contribution in [3.05, 3.63) is 60.2 Å². The zero-order valence-corrected chi connectivity index (χ0v) is 16.8. The number of esters is 1. The van der Waals surface area contributed by atoms with Gasteiger partial charge in [0, 0.05) is 57.1 Å². The minimum Gasteiger partial charge on any atom is -0.469 e. The minimum atomic E-state index is -0.370. The second-order valence-corrected chi connectivity index (χ2v) is 7.69. The van der Waals surface area contributed by atoms with Gasteiger partial charge in [-0.25, -0.2) is 0 Å². The lowest BCUT2D eigenvalue weighted by atomic mass is 10.1. The van der Waals surface area contributed by atoms with Crippen molar-refractivity contribution < 1.29 is 14.3 Å². The van der Waals surface area contributed by atoms with Gasteiger partial charge in [-0.15, -0.1) is 0 Å². The fourth-order valence-corrected chi connectivity index (χ4v) is 4.13. The summed E-state index contributed by atoms with van der Waals surface area (Å²) in [6.45, 7) is 5.41. The van der Waals surface area contributed by atoms with E-state index in [-0.39, 0.29) is 24.2 Å². The van der Waals surface area contributed by atoms with E-state index in [4.69, 9.17) is 4.74 Å². The summed E-state index contributed by atoms with van der Waals surface area (Å²) in [5.41, 5.74) is 3.36. The predicted molar refractivity (Wildman–Crippen MR) is 113 cm³/mol. The van der Waals surface area contributed by atoms with Crippen molar-refractivity contribution in [2.45, 2.75) is 13.0 Å². The molecule has 2 aliphatic rings. The maximum Gasteiger partial charge on any atom is 0.311 e. The van der Waals surface area contributed by atoms with Crippen molar-refractivity contribution in [2.24, 2.45) is 5.92 Å². The Balaban J connectivity index is 1.33. The first-order valence-electron chi connectivity index (χ1n) is 10.1. The molecule has 6 heteroatoms. The number of hydrogen-bond donors (Lipinski definition) is 0. The van der Waals surface area contributed by atoms with Crippen LogP contribution in [0.25, 0.3) is 0 Å². The van der Waals surface area contributed by atoms with Crippen LogP contribution >= 0.6 is 0 Å². The number of amides is 1. The summed E-state index contributed by atoms with van der Waals surface area (Å²) in [5.74, 6) is -0.710. The standard InChI is InChI=1S/C23H27N3O3/c1-29-23(28)19-15-22(27)26(17-19)21-9-7-20(8-10-21)25-13-11-24(12-14-25)16-18-5-3-2-4-6-18/h2-10,19H,11-17H2,1H3/t19-/m0/s1. The third kappa shape index (κ3) is 4.43. The number of nitrogens with zero attached hydrogens (tertiary/aromatic N) is 3. The molecule has 2 fully saturated rings. The molecule has 0 spiro atoms. The van der Waals surface area contributed by atoms with Crippen molar-refractivity contribution in [3.63, 3.8) is 0 Å². The summed E-state index contributed by atoms with van der Waals surface area (Å²) in [6.07, 6.45) is 0.220. The second-order valence-electron chi connectivity index (χ2n) is 7.69. The number of methoxy groups -OCH3 is 1. The van der Waals surface area contributed by atoms with Crippen LogP contribution in [0.3, 0.4) is 0 Å². The highest BCUT2D eigenvalue weighted by Gasteiger charge is 2.35. The number of piperazine rings is 1. The number of benzene rings is 2. The molecule has 0 N–H and O–H groups in total. The molecule has 152 valence electrons. The summed E-state index contributed by atoms with van der Waals surface area (Å²) in [6, 6.07) is 18.7. The fourth-order valence-electron chi connectivity index (χ4n) is 4.13. The van der Waals surface area contributed by atoms with E-state index < -0.39 is 0 Å². The van der Waals surface area contributed by atoms with Crippen LogP contribution in [0, 0.1) is 5.92 Å². The molecular weight excluding hydrogens is 366 g/mol. The summed E-state index contributed by atoms with van der Waals surface area (Å²) < 4.78 is 4.78. The molecular formula is C23H27N3O3. The quantitative estimate of drug-likeness (QED) is 0.731. The van der Waals surface area contributed by atoms with E-state index in [1.165, 1.54) is 18.4 Å². The third-order valence-corrected chi connectivity index (χ3v) is 5.81. The van der Waals surface area contributed by atoms with Gasteiger partial charge >= 0.3 is 5.97 Å². The Labute approximate surface area is 171 Å². The molecule has 4 rings (SSSR count). The number of carbonyl (C=O) groups is 2. The molecule has 0 bridgehead atoms. The lowest BCUT2D eigenvalue weighted by Gasteiger charge is -2.36. The SMILES string of the molecule is COC(=O)[C@H]1CC(=O)N(c2ccc(N3CCN(Cc4ccccc4)CC3)cc2)C1. The lowest BCUT2D eigenvalue weighted by molar-refractivity contribution is -0.145. The maximum atomic E-state index is 12.3. The van der Waals surface area contributed by atoms with E-state index >= 15 is 0 Å². The van der Waals surface area contributed by atoms with Gasteiger partial charge in [0.15, 0.2) is 0 Å². The van der Waals surface area contributed by atoms with Crippen molar-refractivity contribution in [2.75, 3.05) is 49.6 Å². The van der Waals surface area contributed by atoms with Gasteiger partial charge in [-0.05, 0) is 29.8 Å². The molecule has 2 heterocycles. The molecule has 0 aromatic heterocycles. The van der Waals surface area contributed by atoms with Crippen molar-refractivity contribution >= 4 is 23.3 Å². The molecule has 6 nitrogen and oxygen atoms in total. The highest BCUT2D eigenvalue weighted by molar-refractivity contribution is 5.99. The maximum absolute atomic E-state index is 12.3. The van der Waals surface area contributed by atoms with Gasteiger partial charge < -0.3 is 14.5 Å². The molecule has 0 saturated carbocycles. The topological polar surface area (TPSA) is 53.1 Å². The van der Waals surface area contributed by atoms with Gasteiger partial charge in [-0.3, -0.25) is 14.5 Å². The molecule has 1 atom stereocenters. The number of anilines is 2. The van der Waals surface area contributed by atoms with Crippen molar-refractivity contribution in [1.82, 2.24) is 4.90 Å². The van der Waals surface area contributed by atoms with Crippen LogP contribution in [0.2, 0.25) is 0 Å². The molecule has 1 amide bonds. The Hall–Kier alpha value is -2.86. The van der Waals surface area contributed by atoms with E-state index in [1.807, 2.05) is 12.1 Å². The van der Waals surface area contributed by atoms with Gasteiger partial charge in [0.2, 0.25) is 5.91 Å². The third-order valence-electron chi connectivity index (χ3n) is 5.81. The molecule has 2 aromatic carbocycles. The minimum absolute atomic E-state index is 0.0253. The van der Waals surface area contributed by atoms with E-state index in [2.05, 4.69) is 52.3 Å². The Kier molecular flexibility index (Phi) is 5.81. The van der Waals surface area contributed by atoms with Crippen molar-refractivity contribution in [1.29, 1.82) is 0 Å². The Morgan fingerprint density at radius 1 is 0.966 bits per heavy atom. The van der Waals surface area contributed by atoms with Gasteiger partial charge in [0.1, 0.15) is 0 Å². The van der Waals surface area contributed by atoms with Gasteiger partial charge in [0.05, 0.1) is 13.0 Å². The summed E-state index contributed by atoms with van der Waals surface area (Å²) >= 11 is 0. The van der Waals surface area contributed by atoms with E-state index in [0.29, 0.717) is 6.54 Å². The highest BCUT2D eigenvalue weighted by Crippen LogP contribution is 2.28. The first kappa shape index (κ1) is 19.5. The second kappa shape index (κ2) is 8.66. The van der Waals surface area contributed by atoms with Crippen LogP contribution in [0.15, 0.2) is 54.6 Å². The van der Waals surface area contributed by atoms with E-state index in [9.17, 15) is 9.59 Å². The molecule has 0 unspecified atom stereocenters. The zero-order chi connectivity index (χ0) is 20.2. The van der Waals surface area contributed by atoms with Gasteiger partial charge in [-0.2, -0.15) is 0 Å². The first-order valence-corrected chi connectivity index (χ1v) is 10.1. The van der Waals surface area contributed by atoms with Crippen LogP contribution in [-0.2, 0) is 20.9 Å². The predicted octanol–water partition coefficient (Wildman–Crippen LogP) is 2.53. The molecule has 2 aromatic rings. The number of rotatable bonds is 5. The number of ether oxygens (including phenoxy) is 1. The van der Waals surface area contributed by atoms with Gasteiger partial charge in [0.25, 0.3) is 0 Å². The van der Waals surface area contributed by atoms with Crippen LogP contribution < -0.4 is 9.80 Å². The smallest absolute Gasteiger partial charge is 0.311 e. The normalized spacial score (nSPS) is 20.2. The molecule has 2 aliphatic heterocycles. The highest BCUT2D eigenvalue weighted by atomic mass is 16.5. The van der Waals surface area contributed by atoms with Crippen LogP contribution in [0.4, 0.5) is 11.4 Å².